The number of anilines is 2. The van der Waals surface area contributed by atoms with Crippen molar-refractivity contribution in [1.29, 1.82) is 0 Å². The zero-order valence-corrected chi connectivity index (χ0v) is 21.6. The Morgan fingerprint density at radius 2 is 1.92 bits per heavy atom. The standard InChI is InChI=1S/C26H28N6O2.C2H6/c1-26(2,3)34-25(33)32-13-9-17(10-14-32)23-16-20-22(7-11-27-24(20)30-23)29-19-6-4-5-18(15-19)21-8-12-28-31-21;1-2/h4-9,11-12,15-16H,10,13-14H2,1-3H3,(H,28,31)(H2,27,29,30);1-2H3. The molecule has 1 aliphatic rings. The van der Waals surface area contributed by atoms with Crippen LogP contribution in [0.1, 0.15) is 46.7 Å². The summed E-state index contributed by atoms with van der Waals surface area (Å²) < 4.78 is 5.50. The molecular formula is C28H34N6O2. The smallest absolute Gasteiger partial charge is 0.410 e. The highest BCUT2D eigenvalue weighted by Crippen LogP contribution is 2.31. The summed E-state index contributed by atoms with van der Waals surface area (Å²) in [5, 5.41) is 11.6. The lowest BCUT2D eigenvalue weighted by atomic mass is 10.0. The molecule has 4 aromatic rings. The third-order valence-electron chi connectivity index (χ3n) is 5.69. The second-order valence-corrected chi connectivity index (χ2v) is 9.39. The summed E-state index contributed by atoms with van der Waals surface area (Å²) in [5.74, 6) is 0. The number of pyridine rings is 1. The number of hydrogen-bond donors (Lipinski definition) is 3. The number of aromatic amines is 2. The molecule has 3 N–H and O–H groups in total. The van der Waals surface area contributed by atoms with Crippen molar-refractivity contribution in [3.05, 3.63) is 66.6 Å². The lowest BCUT2D eigenvalue weighted by Crippen LogP contribution is -2.39. The summed E-state index contributed by atoms with van der Waals surface area (Å²) in [6, 6.07) is 14.2. The zero-order chi connectivity index (χ0) is 25.7. The summed E-state index contributed by atoms with van der Waals surface area (Å²) in [6.45, 7) is 10.8. The molecule has 1 aliphatic heterocycles. The number of amides is 1. The number of nitrogens with zero attached hydrogens (tertiary/aromatic N) is 3. The first-order chi connectivity index (χ1) is 17.4. The molecule has 0 saturated carbocycles. The van der Waals surface area contributed by atoms with Crippen LogP contribution in [0.3, 0.4) is 0 Å². The molecule has 0 bridgehead atoms. The van der Waals surface area contributed by atoms with Crippen molar-refractivity contribution in [2.24, 2.45) is 0 Å². The van der Waals surface area contributed by atoms with E-state index in [0.717, 1.165) is 45.8 Å². The SMILES string of the molecule is CC.CC(C)(C)OC(=O)N1CC=C(c2cc3c(Nc4cccc(-c5ccn[nH]5)c4)ccnc3[nH]2)CC1. The van der Waals surface area contributed by atoms with E-state index in [4.69, 9.17) is 4.74 Å². The average molecular weight is 487 g/mol. The number of hydrogen-bond acceptors (Lipinski definition) is 5. The first-order valence-electron chi connectivity index (χ1n) is 12.4. The molecule has 8 nitrogen and oxygen atoms in total. The molecule has 4 heterocycles. The lowest BCUT2D eigenvalue weighted by molar-refractivity contribution is 0.0270. The van der Waals surface area contributed by atoms with Gasteiger partial charge in [0.25, 0.3) is 0 Å². The van der Waals surface area contributed by atoms with Gasteiger partial charge in [0.15, 0.2) is 0 Å². The minimum absolute atomic E-state index is 0.273. The highest BCUT2D eigenvalue weighted by Gasteiger charge is 2.24. The Morgan fingerprint density at radius 3 is 2.61 bits per heavy atom. The molecule has 0 unspecified atom stereocenters. The third-order valence-corrected chi connectivity index (χ3v) is 5.69. The van der Waals surface area contributed by atoms with Crippen molar-refractivity contribution < 1.29 is 9.53 Å². The minimum Gasteiger partial charge on any atom is -0.444 e. The molecule has 3 aromatic heterocycles. The average Bonchev–Trinajstić information content (AvgIpc) is 3.56. The van der Waals surface area contributed by atoms with Gasteiger partial charge in [0, 0.05) is 47.8 Å². The van der Waals surface area contributed by atoms with Gasteiger partial charge in [-0.25, -0.2) is 9.78 Å². The van der Waals surface area contributed by atoms with Gasteiger partial charge in [-0.05, 0) is 63.1 Å². The van der Waals surface area contributed by atoms with E-state index in [1.165, 1.54) is 5.57 Å². The summed E-state index contributed by atoms with van der Waals surface area (Å²) in [4.78, 5) is 22.0. The zero-order valence-electron chi connectivity index (χ0n) is 21.6. The molecule has 0 spiro atoms. The molecule has 0 saturated heterocycles. The topological polar surface area (TPSA) is 98.9 Å². The predicted molar refractivity (Wildman–Crippen MR) is 145 cm³/mol. The van der Waals surface area contributed by atoms with Crippen LogP contribution < -0.4 is 5.32 Å². The van der Waals surface area contributed by atoms with Crippen molar-refractivity contribution >= 4 is 34.1 Å². The van der Waals surface area contributed by atoms with Crippen LogP contribution in [0, 0.1) is 0 Å². The van der Waals surface area contributed by atoms with E-state index in [1.807, 2.05) is 65.0 Å². The summed E-state index contributed by atoms with van der Waals surface area (Å²) in [7, 11) is 0. The Hall–Kier alpha value is -4.07. The molecule has 0 aliphatic carbocycles. The maximum absolute atomic E-state index is 12.4. The number of aromatic nitrogens is 4. The first-order valence-corrected chi connectivity index (χ1v) is 12.4. The molecule has 0 atom stereocenters. The number of rotatable bonds is 4. The van der Waals surface area contributed by atoms with E-state index in [0.29, 0.717) is 13.1 Å². The fraction of sp³-hybridized carbons (Fsp3) is 0.321. The Labute approximate surface area is 211 Å². The summed E-state index contributed by atoms with van der Waals surface area (Å²) >= 11 is 0. The Balaban J connectivity index is 0.00000148. The highest BCUT2D eigenvalue weighted by atomic mass is 16.6. The van der Waals surface area contributed by atoms with Gasteiger partial charge >= 0.3 is 6.09 Å². The van der Waals surface area contributed by atoms with Crippen molar-refractivity contribution in [2.75, 3.05) is 18.4 Å². The normalized spacial score (nSPS) is 13.6. The molecule has 1 aromatic carbocycles. The van der Waals surface area contributed by atoms with Crippen LogP contribution in [0.4, 0.5) is 16.2 Å². The van der Waals surface area contributed by atoms with E-state index in [-0.39, 0.29) is 6.09 Å². The number of ether oxygens (including phenoxy) is 1. The number of carbonyl (C=O) groups excluding carboxylic acids is 1. The van der Waals surface area contributed by atoms with Crippen LogP contribution in [-0.4, -0.2) is 49.8 Å². The molecule has 0 radical (unpaired) electrons. The monoisotopic (exact) mass is 486 g/mol. The van der Waals surface area contributed by atoms with Gasteiger partial charge in [0.2, 0.25) is 0 Å². The van der Waals surface area contributed by atoms with Crippen LogP contribution in [0.15, 0.2) is 60.9 Å². The van der Waals surface area contributed by atoms with E-state index in [1.54, 1.807) is 17.3 Å². The second-order valence-electron chi connectivity index (χ2n) is 9.39. The van der Waals surface area contributed by atoms with E-state index < -0.39 is 5.60 Å². The maximum atomic E-state index is 12.4. The summed E-state index contributed by atoms with van der Waals surface area (Å²) in [6.07, 6.45) is 6.10. The van der Waals surface area contributed by atoms with E-state index >= 15 is 0 Å². The van der Waals surface area contributed by atoms with Crippen molar-refractivity contribution in [2.45, 2.75) is 46.6 Å². The second kappa shape index (κ2) is 10.7. The highest BCUT2D eigenvalue weighted by molar-refractivity contribution is 5.94. The van der Waals surface area contributed by atoms with Crippen molar-refractivity contribution in [1.82, 2.24) is 25.1 Å². The van der Waals surface area contributed by atoms with Gasteiger partial charge in [0.1, 0.15) is 11.2 Å². The van der Waals surface area contributed by atoms with Gasteiger partial charge in [0.05, 0.1) is 11.4 Å². The molecule has 5 rings (SSSR count). The number of fused-ring (bicyclic) bond motifs is 1. The Bertz CT molecular complexity index is 1350. The predicted octanol–water partition coefficient (Wildman–Crippen LogP) is 6.75. The van der Waals surface area contributed by atoms with Crippen LogP contribution in [0.5, 0.6) is 0 Å². The maximum Gasteiger partial charge on any atom is 0.410 e. The number of nitrogens with one attached hydrogen (secondary N) is 3. The Morgan fingerprint density at radius 1 is 1.08 bits per heavy atom. The van der Waals surface area contributed by atoms with Crippen LogP contribution >= 0.6 is 0 Å². The van der Waals surface area contributed by atoms with Crippen LogP contribution in [-0.2, 0) is 4.74 Å². The van der Waals surface area contributed by atoms with E-state index in [9.17, 15) is 4.79 Å². The van der Waals surface area contributed by atoms with Crippen LogP contribution in [0.2, 0.25) is 0 Å². The largest absolute Gasteiger partial charge is 0.444 e. The van der Waals surface area contributed by atoms with E-state index in [2.05, 4.69) is 43.7 Å². The number of carbonyl (C=O) groups is 1. The molecule has 188 valence electrons. The first kappa shape index (κ1) is 25.0. The van der Waals surface area contributed by atoms with Gasteiger partial charge < -0.3 is 19.9 Å². The quantitative estimate of drug-likeness (QED) is 0.296. The van der Waals surface area contributed by atoms with Gasteiger partial charge in [-0.1, -0.05) is 32.1 Å². The Kier molecular flexibility index (Phi) is 7.43. The lowest BCUT2D eigenvalue weighted by Gasteiger charge is -2.29. The van der Waals surface area contributed by atoms with Crippen molar-refractivity contribution in [3.8, 4) is 11.3 Å². The molecular weight excluding hydrogens is 452 g/mol. The summed E-state index contributed by atoms with van der Waals surface area (Å²) in [5.41, 5.74) is 6.50. The molecule has 1 amide bonds. The van der Waals surface area contributed by atoms with Gasteiger partial charge in [-0.15, -0.1) is 0 Å². The molecule has 8 heteroatoms. The van der Waals surface area contributed by atoms with Crippen LogP contribution in [0.25, 0.3) is 27.9 Å². The number of H-pyrrole nitrogens is 2. The fourth-order valence-electron chi connectivity index (χ4n) is 4.05. The third kappa shape index (κ3) is 5.76. The van der Waals surface area contributed by atoms with Gasteiger partial charge in [-0.2, -0.15) is 5.10 Å². The minimum atomic E-state index is -0.495. The molecule has 36 heavy (non-hydrogen) atoms. The number of benzene rings is 1. The molecule has 0 fully saturated rings. The van der Waals surface area contributed by atoms with Crippen molar-refractivity contribution in [3.63, 3.8) is 0 Å². The fourth-order valence-corrected chi connectivity index (χ4v) is 4.05. The van der Waals surface area contributed by atoms with Gasteiger partial charge in [-0.3, -0.25) is 5.10 Å².